The van der Waals surface area contributed by atoms with Crippen LogP contribution in [-0.4, -0.2) is 13.7 Å². The van der Waals surface area contributed by atoms with Crippen molar-refractivity contribution < 1.29 is 9.47 Å². The summed E-state index contributed by atoms with van der Waals surface area (Å²) in [6, 6.07) is 5.98. The summed E-state index contributed by atoms with van der Waals surface area (Å²) in [4.78, 5) is 0. The number of hydrogen-bond acceptors (Lipinski definition) is 3. The van der Waals surface area contributed by atoms with E-state index in [2.05, 4.69) is 0 Å². The largest absolute Gasteiger partial charge is 0.497 e. The topological polar surface area (TPSA) is 44.5 Å². The Bertz CT molecular complexity index is 317. The second-order valence-corrected chi connectivity index (χ2v) is 3.10. The highest BCUT2D eigenvalue weighted by Gasteiger charge is 2.21. The van der Waals surface area contributed by atoms with Crippen LogP contribution in [0.1, 0.15) is 17.2 Å². The van der Waals surface area contributed by atoms with E-state index in [1.54, 1.807) is 7.11 Å². The van der Waals surface area contributed by atoms with Gasteiger partial charge in [-0.05, 0) is 23.3 Å². The lowest BCUT2D eigenvalue weighted by atomic mass is 10.1. The molecule has 2 rings (SSSR count). The summed E-state index contributed by atoms with van der Waals surface area (Å²) in [5.41, 5.74) is 7.96. The van der Waals surface area contributed by atoms with Gasteiger partial charge >= 0.3 is 0 Å². The summed E-state index contributed by atoms with van der Waals surface area (Å²) in [6.45, 7) is 1.20. The second kappa shape index (κ2) is 4.64. The zero-order chi connectivity index (χ0) is 9.26. The number of hydrogen-bond donors (Lipinski definition) is 1. The minimum Gasteiger partial charge on any atom is -0.497 e. The van der Waals surface area contributed by atoms with E-state index in [1.807, 2.05) is 18.2 Å². The van der Waals surface area contributed by atoms with Gasteiger partial charge in [-0.25, -0.2) is 0 Å². The van der Waals surface area contributed by atoms with Crippen molar-refractivity contribution in [3.63, 3.8) is 0 Å². The summed E-state index contributed by atoms with van der Waals surface area (Å²) in [6.07, 6.45) is 0.0464. The van der Waals surface area contributed by atoms with Crippen molar-refractivity contribution in [2.45, 2.75) is 12.7 Å². The standard InChI is InChI=1S/C10H13NO2.ClH/c1-12-8-3-2-7-6-13-10(5-11)9(7)4-8;/h2-4,10H,5-6,11H2,1H3;1H. The molecule has 78 valence electrons. The van der Waals surface area contributed by atoms with Crippen molar-refractivity contribution in [3.8, 4) is 5.75 Å². The lowest BCUT2D eigenvalue weighted by Crippen LogP contribution is -2.10. The van der Waals surface area contributed by atoms with Gasteiger partial charge in [0, 0.05) is 6.54 Å². The zero-order valence-electron chi connectivity index (χ0n) is 8.03. The Morgan fingerprint density at radius 1 is 1.57 bits per heavy atom. The van der Waals surface area contributed by atoms with Crippen LogP contribution in [0.2, 0.25) is 0 Å². The molecule has 1 unspecified atom stereocenters. The highest BCUT2D eigenvalue weighted by molar-refractivity contribution is 5.85. The minimum absolute atomic E-state index is 0. The normalized spacial score (nSPS) is 18.6. The quantitative estimate of drug-likeness (QED) is 0.816. The fraction of sp³-hybridized carbons (Fsp3) is 0.400. The lowest BCUT2D eigenvalue weighted by molar-refractivity contribution is 0.0723. The van der Waals surface area contributed by atoms with Gasteiger partial charge in [0.05, 0.1) is 19.8 Å². The first kappa shape index (κ1) is 11.3. The predicted octanol–water partition coefficient (Wildman–Crippen LogP) is 1.65. The molecule has 0 saturated carbocycles. The number of fused-ring (bicyclic) bond motifs is 1. The fourth-order valence-electron chi connectivity index (χ4n) is 1.61. The van der Waals surface area contributed by atoms with Crippen molar-refractivity contribution in [2.75, 3.05) is 13.7 Å². The molecule has 1 aromatic carbocycles. The third-order valence-electron chi connectivity index (χ3n) is 2.35. The summed E-state index contributed by atoms with van der Waals surface area (Å²) < 4.78 is 10.6. The Morgan fingerprint density at radius 3 is 3.00 bits per heavy atom. The Morgan fingerprint density at radius 2 is 2.36 bits per heavy atom. The molecule has 1 aliphatic rings. The van der Waals surface area contributed by atoms with Gasteiger partial charge in [-0.15, -0.1) is 12.4 Å². The Balaban J connectivity index is 0.000000980. The van der Waals surface area contributed by atoms with Gasteiger partial charge in [-0.2, -0.15) is 0 Å². The van der Waals surface area contributed by atoms with E-state index in [0.29, 0.717) is 13.2 Å². The summed E-state index contributed by atoms with van der Waals surface area (Å²) in [7, 11) is 1.66. The third kappa shape index (κ3) is 1.85. The van der Waals surface area contributed by atoms with E-state index in [-0.39, 0.29) is 18.5 Å². The maximum atomic E-state index is 5.57. The SMILES string of the molecule is COc1ccc2c(c1)C(CN)OC2.Cl. The maximum Gasteiger partial charge on any atom is 0.119 e. The van der Waals surface area contributed by atoms with Crippen LogP contribution in [0.25, 0.3) is 0 Å². The molecule has 0 saturated heterocycles. The van der Waals surface area contributed by atoms with Crippen LogP contribution in [-0.2, 0) is 11.3 Å². The van der Waals surface area contributed by atoms with Crippen molar-refractivity contribution in [2.24, 2.45) is 5.73 Å². The third-order valence-corrected chi connectivity index (χ3v) is 2.35. The monoisotopic (exact) mass is 215 g/mol. The first-order valence-corrected chi connectivity index (χ1v) is 4.33. The lowest BCUT2D eigenvalue weighted by Gasteiger charge is -2.08. The number of benzene rings is 1. The molecule has 0 amide bonds. The van der Waals surface area contributed by atoms with E-state index in [0.717, 1.165) is 5.75 Å². The average molecular weight is 216 g/mol. The molecular weight excluding hydrogens is 202 g/mol. The van der Waals surface area contributed by atoms with Gasteiger partial charge in [0.25, 0.3) is 0 Å². The van der Waals surface area contributed by atoms with Crippen LogP contribution in [0.5, 0.6) is 5.75 Å². The molecule has 14 heavy (non-hydrogen) atoms. The second-order valence-electron chi connectivity index (χ2n) is 3.10. The van der Waals surface area contributed by atoms with Gasteiger partial charge in [0.15, 0.2) is 0 Å². The molecule has 0 aliphatic carbocycles. The molecule has 2 N–H and O–H groups in total. The predicted molar refractivity (Wildman–Crippen MR) is 56.8 cm³/mol. The van der Waals surface area contributed by atoms with E-state index in [1.165, 1.54) is 11.1 Å². The summed E-state index contributed by atoms with van der Waals surface area (Å²) in [5.74, 6) is 0.864. The van der Waals surface area contributed by atoms with Crippen LogP contribution in [0.4, 0.5) is 0 Å². The molecule has 1 heterocycles. The van der Waals surface area contributed by atoms with Gasteiger partial charge in [-0.1, -0.05) is 6.07 Å². The maximum absolute atomic E-state index is 5.57. The molecule has 0 radical (unpaired) electrons. The molecule has 0 aromatic heterocycles. The zero-order valence-corrected chi connectivity index (χ0v) is 8.84. The van der Waals surface area contributed by atoms with Gasteiger partial charge < -0.3 is 15.2 Å². The summed E-state index contributed by atoms with van der Waals surface area (Å²) in [5, 5.41) is 0. The van der Waals surface area contributed by atoms with Crippen molar-refractivity contribution in [3.05, 3.63) is 29.3 Å². The molecule has 3 nitrogen and oxygen atoms in total. The Kier molecular flexibility index (Phi) is 3.75. The Labute approximate surface area is 89.6 Å². The van der Waals surface area contributed by atoms with Crippen LogP contribution in [0.3, 0.4) is 0 Å². The number of nitrogens with two attached hydrogens (primary N) is 1. The van der Waals surface area contributed by atoms with E-state index < -0.39 is 0 Å². The highest BCUT2D eigenvalue weighted by atomic mass is 35.5. The molecule has 0 spiro atoms. The average Bonchev–Trinajstić information content (AvgIpc) is 2.59. The molecule has 0 bridgehead atoms. The van der Waals surface area contributed by atoms with Gasteiger partial charge in [-0.3, -0.25) is 0 Å². The smallest absolute Gasteiger partial charge is 0.119 e. The number of methoxy groups -OCH3 is 1. The van der Waals surface area contributed by atoms with E-state index in [4.69, 9.17) is 15.2 Å². The van der Waals surface area contributed by atoms with Crippen LogP contribution >= 0.6 is 12.4 Å². The van der Waals surface area contributed by atoms with Crippen LogP contribution in [0, 0.1) is 0 Å². The molecule has 1 aliphatic heterocycles. The number of rotatable bonds is 2. The Hall–Kier alpha value is -0.770. The molecule has 4 heteroatoms. The van der Waals surface area contributed by atoms with Crippen molar-refractivity contribution >= 4 is 12.4 Å². The molecule has 1 atom stereocenters. The van der Waals surface area contributed by atoms with Gasteiger partial charge in [0.2, 0.25) is 0 Å². The van der Waals surface area contributed by atoms with Crippen LogP contribution < -0.4 is 10.5 Å². The fourth-order valence-corrected chi connectivity index (χ4v) is 1.61. The van der Waals surface area contributed by atoms with E-state index in [9.17, 15) is 0 Å². The molecule has 0 fully saturated rings. The minimum atomic E-state index is 0. The van der Waals surface area contributed by atoms with Gasteiger partial charge in [0.1, 0.15) is 5.75 Å². The van der Waals surface area contributed by atoms with E-state index >= 15 is 0 Å². The highest BCUT2D eigenvalue weighted by Crippen LogP contribution is 2.32. The first-order chi connectivity index (χ1) is 6.35. The number of ether oxygens (including phenoxy) is 2. The van der Waals surface area contributed by atoms with Crippen molar-refractivity contribution in [1.82, 2.24) is 0 Å². The summed E-state index contributed by atoms with van der Waals surface area (Å²) >= 11 is 0. The first-order valence-electron chi connectivity index (χ1n) is 4.33. The van der Waals surface area contributed by atoms with Crippen LogP contribution in [0.15, 0.2) is 18.2 Å². The van der Waals surface area contributed by atoms with Crippen molar-refractivity contribution in [1.29, 1.82) is 0 Å². The number of halogens is 1. The molecular formula is C10H14ClNO2. The molecule has 1 aromatic rings.